The SMILES string of the molecule is COc1cc(C)nc(Cn2nc(C)c(CN)c2C)c1. The summed E-state index contributed by atoms with van der Waals surface area (Å²) in [4.78, 5) is 4.51. The fourth-order valence-electron chi connectivity index (χ4n) is 2.24. The smallest absolute Gasteiger partial charge is 0.122 e. The third kappa shape index (κ3) is 2.76. The lowest BCUT2D eigenvalue weighted by molar-refractivity contribution is 0.412. The van der Waals surface area contributed by atoms with Crippen LogP contribution in [0, 0.1) is 20.8 Å². The van der Waals surface area contributed by atoms with Crippen LogP contribution >= 0.6 is 0 Å². The van der Waals surface area contributed by atoms with Crippen LogP contribution in [-0.2, 0) is 13.1 Å². The molecule has 0 radical (unpaired) electrons. The largest absolute Gasteiger partial charge is 0.497 e. The van der Waals surface area contributed by atoms with Crippen LogP contribution in [0.5, 0.6) is 5.75 Å². The van der Waals surface area contributed by atoms with Crippen LogP contribution in [0.4, 0.5) is 0 Å². The van der Waals surface area contributed by atoms with Crippen molar-refractivity contribution >= 4 is 0 Å². The van der Waals surface area contributed by atoms with Crippen molar-refractivity contribution in [3.63, 3.8) is 0 Å². The molecular formula is C14H20N4O. The minimum absolute atomic E-state index is 0.516. The van der Waals surface area contributed by atoms with Gasteiger partial charge in [-0.15, -0.1) is 0 Å². The minimum atomic E-state index is 0.516. The van der Waals surface area contributed by atoms with Crippen LogP contribution in [0.1, 0.15) is 28.3 Å². The van der Waals surface area contributed by atoms with Gasteiger partial charge in [0.25, 0.3) is 0 Å². The molecule has 2 aromatic heterocycles. The first kappa shape index (κ1) is 13.5. The molecule has 0 aliphatic carbocycles. The summed E-state index contributed by atoms with van der Waals surface area (Å²) >= 11 is 0. The van der Waals surface area contributed by atoms with Gasteiger partial charge in [-0.3, -0.25) is 9.67 Å². The van der Waals surface area contributed by atoms with Crippen LogP contribution in [0.25, 0.3) is 0 Å². The molecule has 2 rings (SSSR count). The number of pyridine rings is 1. The van der Waals surface area contributed by atoms with Gasteiger partial charge in [0.2, 0.25) is 0 Å². The van der Waals surface area contributed by atoms with Crippen LogP contribution < -0.4 is 10.5 Å². The first-order valence-electron chi connectivity index (χ1n) is 6.29. The summed E-state index contributed by atoms with van der Waals surface area (Å²) < 4.78 is 7.21. The molecule has 0 spiro atoms. The number of methoxy groups -OCH3 is 1. The van der Waals surface area contributed by atoms with Crippen LogP contribution in [0.3, 0.4) is 0 Å². The lowest BCUT2D eigenvalue weighted by Gasteiger charge is -2.08. The Morgan fingerprint density at radius 3 is 2.58 bits per heavy atom. The summed E-state index contributed by atoms with van der Waals surface area (Å²) in [7, 11) is 1.66. The van der Waals surface area contributed by atoms with Crippen LogP contribution in [-0.4, -0.2) is 21.9 Å². The van der Waals surface area contributed by atoms with Gasteiger partial charge in [0.1, 0.15) is 5.75 Å². The molecule has 0 aliphatic rings. The van der Waals surface area contributed by atoms with E-state index in [1.165, 1.54) is 0 Å². The number of nitrogens with two attached hydrogens (primary N) is 1. The van der Waals surface area contributed by atoms with Crippen molar-refractivity contribution in [3.8, 4) is 5.75 Å². The molecule has 0 fully saturated rings. The Labute approximate surface area is 113 Å². The fraction of sp³-hybridized carbons (Fsp3) is 0.429. The van der Waals surface area contributed by atoms with E-state index in [0.29, 0.717) is 13.1 Å². The Balaban J connectivity index is 2.33. The van der Waals surface area contributed by atoms with Gasteiger partial charge in [0.05, 0.1) is 25.0 Å². The molecule has 0 bridgehead atoms. The summed E-state index contributed by atoms with van der Waals surface area (Å²) in [6, 6.07) is 3.85. The number of rotatable bonds is 4. The highest BCUT2D eigenvalue weighted by atomic mass is 16.5. The predicted octanol–water partition coefficient (Wildman–Crippen LogP) is 1.72. The number of aryl methyl sites for hydroxylation is 2. The standard InChI is InChI=1S/C14H20N4O/c1-9-5-13(19-4)6-12(16-9)8-18-11(3)14(7-15)10(2)17-18/h5-6H,7-8,15H2,1-4H3. The number of ether oxygens (including phenoxy) is 1. The van der Waals surface area contributed by atoms with E-state index in [2.05, 4.69) is 10.1 Å². The highest BCUT2D eigenvalue weighted by Crippen LogP contribution is 2.17. The second-order valence-corrected chi connectivity index (χ2v) is 4.65. The van der Waals surface area contributed by atoms with E-state index >= 15 is 0 Å². The van der Waals surface area contributed by atoms with Crippen molar-refractivity contribution in [2.24, 2.45) is 5.73 Å². The molecule has 0 amide bonds. The summed E-state index contributed by atoms with van der Waals surface area (Å²) in [5, 5.41) is 4.52. The zero-order valence-electron chi connectivity index (χ0n) is 11.9. The van der Waals surface area contributed by atoms with Gasteiger partial charge in [0.15, 0.2) is 0 Å². The van der Waals surface area contributed by atoms with E-state index in [1.807, 2.05) is 37.6 Å². The molecule has 5 nitrogen and oxygen atoms in total. The third-order valence-electron chi connectivity index (χ3n) is 3.26. The van der Waals surface area contributed by atoms with Crippen molar-refractivity contribution < 1.29 is 4.74 Å². The van der Waals surface area contributed by atoms with Gasteiger partial charge in [-0.25, -0.2) is 0 Å². The summed E-state index contributed by atoms with van der Waals surface area (Å²) in [6.45, 7) is 7.12. The molecule has 19 heavy (non-hydrogen) atoms. The Hall–Kier alpha value is -1.88. The van der Waals surface area contributed by atoms with Crippen molar-refractivity contribution in [2.75, 3.05) is 7.11 Å². The van der Waals surface area contributed by atoms with Crippen molar-refractivity contribution in [3.05, 3.63) is 40.5 Å². The molecule has 0 aliphatic heterocycles. The normalized spacial score (nSPS) is 10.8. The van der Waals surface area contributed by atoms with Gasteiger partial charge >= 0.3 is 0 Å². The fourth-order valence-corrected chi connectivity index (χ4v) is 2.24. The average Bonchev–Trinajstić information content (AvgIpc) is 2.63. The predicted molar refractivity (Wildman–Crippen MR) is 74.2 cm³/mol. The molecule has 102 valence electrons. The van der Waals surface area contributed by atoms with Gasteiger partial charge in [-0.2, -0.15) is 5.10 Å². The lowest BCUT2D eigenvalue weighted by Crippen LogP contribution is -2.07. The molecule has 0 unspecified atom stereocenters. The van der Waals surface area contributed by atoms with Crippen LogP contribution in [0.2, 0.25) is 0 Å². The van der Waals surface area contributed by atoms with Gasteiger partial charge in [-0.05, 0) is 20.8 Å². The highest BCUT2D eigenvalue weighted by Gasteiger charge is 2.11. The summed E-state index contributed by atoms with van der Waals surface area (Å²) in [5.74, 6) is 0.822. The second kappa shape index (κ2) is 5.40. The average molecular weight is 260 g/mol. The maximum atomic E-state index is 5.74. The van der Waals surface area contributed by atoms with E-state index in [-0.39, 0.29) is 0 Å². The molecule has 2 N–H and O–H groups in total. The Bertz CT molecular complexity index is 589. The second-order valence-electron chi connectivity index (χ2n) is 4.65. The minimum Gasteiger partial charge on any atom is -0.497 e. The van der Waals surface area contributed by atoms with Gasteiger partial charge in [0, 0.05) is 35.6 Å². The van der Waals surface area contributed by atoms with Crippen LogP contribution in [0.15, 0.2) is 12.1 Å². The number of hydrogen-bond donors (Lipinski definition) is 1. The van der Waals surface area contributed by atoms with Gasteiger partial charge < -0.3 is 10.5 Å². The monoisotopic (exact) mass is 260 g/mol. The van der Waals surface area contributed by atoms with E-state index < -0.39 is 0 Å². The van der Waals surface area contributed by atoms with Crippen molar-refractivity contribution in [1.29, 1.82) is 0 Å². The number of aromatic nitrogens is 3. The maximum absolute atomic E-state index is 5.74. The molecule has 2 aromatic rings. The summed E-state index contributed by atoms with van der Waals surface area (Å²) in [5.41, 5.74) is 10.8. The Morgan fingerprint density at radius 2 is 2.00 bits per heavy atom. The summed E-state index contributed by atoms with van der Waals surface area (Å²) in [6.07, 6.45) is 0. The molecule has 2 heterocycles. The first-order valence-corrected chi connectivity index (χ1v) is 6.29. The maximum Gasteiger partial charge on any atom is 0.122 e. The molecule has 0 saturated carbocycles. The van der Waals surface area contributed by atoms with Gasteiger partial charge in [-0.1, -0.05) is 0 Å². The molecule has 0 aromatic carbocycles. The number of nitrogens with zero attached hydrogens (tertiary/aromatic N) is 3. The third-order valence-corrected chi connectivity index (χ3v) is 3.26. The molecule has 5 heteroatoms. The molecule has 0 saturated heterocycles. The lowest BCUT2D eigenvalue weighted by atomic mass is 10.2. The first-order chi connectivity index (χ1) is 9.05. The zero-order valence-corrected chi connectivity index (χ0v) is 11.9. The topological polar surface area (TPSA) is 66.0 Å². The molecular weight excluding hydrogens is 240 g/mol. The van der Waals surface area contributed by atoms with E-state index in [0.717, 1.165) is 34.1 Å². The quantitative estimate of drug-likeness (QED) is 0.909. The number of hydrogen-bond acceptors (Lipinski definition) is 4. The van der Waals surface area contributed by atoms with E-state index in [9.17, 15) is 0 Å². The highest BCUT2D eigenvalue weighted by molar-refractivity contribution is 5.28. The van der Waals surface area contributed by atoms with E-state index in [1.54, 1.807) is 7.11 Å². The zero-order chi connectivity index (χ0) is 14.0. The van der Waals surface area contributed by atoms with Crippen molar-refractivity contribution in [1.82, 2.24) is 14.8 Å². The Kier molecular flexibility index (Phi) is 3.85. The van der Waals surface area contributed by atoms with E-state index in [4.69, 9.17) is 10.5 Å². The van der Waals surface area contributed by atoms with Crippen molar-refractivity contribution in [2.45, 2.75) is 33.9 Å². The molecule has 0 atom stereocenters. The Morgan fingerprint density at radius 1 is 1.26 bits per heavy atom.